The van der Waals surface area contributed by atoms with E-state index in [1.54, 1.807) is 19.0 Å². The molecule has 0 bridgehead atoms. The summed E-state index contributed by atoms with van der Waals surface area (Å²) in [5.74, 6) is -1.96. The van der Waals surface area contributed by atoms with Gasteiger partial charge in [-0.1, -0.05) is 0 Å². The standard InChI is InChI=1S/C14H22FN3O4/c1-16(2)13(22)17-6-3-10(4-7-17)11(19)18-8-5-14(15,9-18)12(20)21/h10H,3-9H2,1-2H3,(H,20,21). The largest absolute Gasteiger partial charge is 0.479 e. The Labute approximate surface area is 128 Å². The Hall–Kier alpha value is -1.86. The van der Waals surface area contributed by atoms with Gasteiger partial charge in [0.15, 0.2) is 0 Å². The molecule has 2 aliphatic heterocycles. The molecule has 2 fully saturated rings. The molecule has 0 aromatic heterocycles. The number of hydrogen-bond donors (Lipinski definition) is 1. The molecule has 0 saturated carbocycles. The van der Waals surface area contributed by atoms with Crippen molar-refractivity contribution >= 4 is 17.9 Å². The van der Waals surface area contributed by atoms with Gasteiger partial charge in [0.05, 0.1) is 6.54 Å². The molecular formula is C14H22FN3O4. The molecule has 8 heteroatoms. The van der Waals surface area contributed by atoms with Crippen molar-refractivity contribution in [3.63, 3.8) is 0 Å². The zero-order chi connectivity index (χ0) is 16.5. The van der Waals surface area contributed by atoms with Gasteiger partial charge in [-0.15, -0.1) is 0 Å². The molecule has 0 aromatic rings. The van der Waals surface area contributed by atoms with Gasteiger partial charge in [0.1, 0.15) is 0 Å². The van der Waals surface area contributed by atoms with E-state index in [4.69, 9.17) is 5.11 Å². The zero-order valence-corrected chi connectivity index (χ0v) is 12.9. The Morgan fingerprint density at radius 1 is 1.14 bits per heavy atom. The van der Waals surface area contributed by atoms with Crippen molar-refractivity contribution in [1.29, 1.82) is 0 Å². The summed E-state index contributed by atoms with van der Waals surface area (Å²) in [6.45, 7) is 0.735. The fourth-order valence-corrected chi connectivity index (χ4v) is 2.99. The first-order valence-corrected chi connectivity index (χ1v) is 7.42. The van der Waals surface area contributed by atoms with E-state index in [-0.39, 0.29) is 37.4 Å². The Balaban J connectivity index is 1.89. The normalized spacial score (nSPS) is 26.1. The summed E-state index contributed by atoms with van der Waals surface area (Å²) in [6, 6.07) is -0.0827. The number of carboxylic acid groups (broad SMARTS) is 1. The van der Waals surface area contributed by atoms with E-state index in [9.17, 15) is 18.8 Å². The Morgan fingerprint density at radius 2 is 1.73 bits per heavy atom. The number of halogens is 1. The van der Waals surface area contributed by atoms with Gasteiger partial charge in [0, 0.05) is 46.1 Å². The number of piperidine rings is 1. The predicted molar refractivity (Wildman–Crippen MR) is 76.1 cm³/mol. The topological polar surface area (TPSA) is 81.2 Å². The van der Waals surface area contributed by atoms with Crippen LogP contribution in [0.5, 0.6) is 0 Å². The molecule has 0 aromatic carbocycles. The van der Waals surface area contributed by atoms with Crippen molar-refractivity contribution in [2.75, 3.05) is 40.3 Å². The van der Waals surface area contributed by atoms with Crippen LogP contribution in [0, 0.1) is 5.92 Å². The van der Waals surface area contributed by atoms with Crippen LogP contribution in [0.4, 0.5) is 9.18 Å². The van der Waals surface area contributed by atoms with Gasteiger partial charge in [0.25, 0.3) is 0 Å². The third kappa shape index (κ3) is 3.15. The van der Waals surface area contributed by atoms with Crippen LogP contribution < -0.4 is 0 Å². The van der Waals surface area contributed by atoms with Gasteiger partial charge in [-0.2, -0.15) is 0 Å². The van der Waals surface area contributed by atoms with E-state index in [2.05, 4.69) is 0 Å². The van der Waals surface area contributed by atoms with Gasteiger partial charge in [0.2, 0.25) is 11.6 Å². The number of hydrogen-bond acceptors (Lipinski definition) is 3. The SMILES string of the molecule is CN(C)C(=O)N1CCC(C(=O)N2CCC(F)(C(=O)O)C2)CC1. The number of carbonyl (C=O) groups excluding carboxylic acids is 2. The number of likely N-dealkylation sites (tertiary alicyclic amines) is 2. The number of nitrogens with zero attached hydrogens (tertiary/aromatic N) is 3. The summed E-state index contributed by atoms with van der Waals surface area (Å²) < 4.78 is 14.0. The average Bonchev–Trinajstić information content (AvgIpc) is 2.90. The second-order valence-corrected chi connectivity index (χ2v) is 6.22. The fraction of sp³-hybridized carbons (Fsp3) is 0.786. The van der Waals surface area contributed by atoms with E-state index < -0.39 is 11.6 Å². The number of aliphatic carboxylic acids is 1. The minimum absolute atomic E-state index is 0.0827. The molecule has 2 heterocycles. The van der Waals surface area contributed by atoms with Crippen LogP contribution in [0.1, 0.15) is 19.3 Å². The Bertz CT molecular complexity index is 477. The molecule has 7 nitrogen and oxygen atoms in total. The predicted octanol–water partition coefficient (Wildman–Crippen LogP) is 0.405. The maximum absolute atomic E-state index is 14.0. The van der Waals surface area contributed by atoms with Crippen molar-refractivity contribution in [3.05, 3.63) is 0 Å². The highest BCUT2D eigenvalue weighted by molar-refractivity contribution is 5.83. The maximum atomic E-state index is 14.0. The van der Waals surface area contributed by atoms with E-state index in [1.165, 1.54) is 9.80 Å². The highest BCUT2D eigenvalue weighted by Gasteiger charge is 2.47. The molecule has 22 heavy (non-hydrogen) atoms. The number of urea groups is 1. The molecule has 2 saturated heterocycles. The summed E-state index contributed by atoms with van der Waals surface area (Å²) in [7, 11) is 3.35. The van der Waals surface area contributed by atoms with Crippen LogP contribution in [0.15, 0.2) is 0 Å². The van der Waals surface area contributed by atoms with Crippen molar-refractivity contribution in [2.24, 2.45) is 5.92 Å². The lowest BCUT2D eigenvalue weighted by Crippen LogP contribution is -2.47. The molecule has 1 unspecified atom stereocenters. The van der Waals surface area contributed by atoms with Crippen LogP contribution >= 0.6 is 0 Å². The lowest BCUT2D eigenvalue weighted by atomic mass is 9.95. The summed E-state index contributed by atoms with van der Waals surface area (Å²) in [5, 5.41) is 8.87. The van der Waals surface area contributed by atoms with Gasteiger partial charge < -0.3 is 19.8 Å². The van der Waals surface area contributed by atoms with Gasteiger partial charge >= 0.3 is 12.0 Å². The molecule has 3 amide bonds. The third-order valence-electron chi connectivity index (χ3n) is 4.41. The molecule has 1 atom stereocenters. The molecular weight excluding hydrogens is 293 g/mol. The number of alkyl halides is 1. The molecule has 0 aliphatic carbocycles. The Morgan fingerprint density at radius 3 is 2.18 bits per heavy atom. The first-order chi connectivity index (χ1) is 10.2. The first kappa shape index (κ1) is 16.5. The molecule has 2 rings (SSSR count). The Kier molecular flexibility index (Phi) is 4.58. The highest BCUT2D eigenvalue weighted by atomic mass is 19.1. The van der Waals surface area contributed by atoms with Crippen molar-refractivity contribution in [3.8, 4) is 0 Å². The number of amides is 3. The molecule has 1 N–H and O–H groups in total. The lowest BCUT2D eigenvalue weighted by Gasteiger charge is -2.34. The quantitative estimate of drug-likeness (QED) is 0.800. The van der Waals surface area contributed by atoms with E-state index >= 15 is 0 Å². The van der Waals surface area contributed by atoms with Crippen molar-refractivity contribution < 1.29 is 23.9 Å². The fourth-order valence-electron chi connectivity index (χ4n) is 2.99. The summed E-state index contributed by atoms with van der Waals surface area (Å²) in [6.07, 6.45) is 0.897. The van der Waals surface area contributed by atoms with E-state index in [0.717, 1.165) is 0 Å². The minimum Gasteiger partial charge on any atom is -0.479 e. The molecule has 2 aliphatic rings. The first-order valence-electron chi connectivity index (χ1n) is 7.42. The summed E-state index contributed by atoms with van der Waals surface area (Å²) in [4.78, 5) is 39.6. The van der Waals surface area contributed by atoms with Crippen LogP contribution in [0.3, 0.4) is 0 Å². The van der Waals surface area contributed by atoms with Gasteiger partial charge in [-0.3, -0.25) is 4.79 Å². The van der Waals surface area contributed by atoms with E-state index in [0.29, 0.717) is 25.9 Å². The average molecular weight is 315 g/mol. The lowest BCUT2D eigenvalue weighted by molar-refractivity contribution is -0.150. The van der Waals surface area contributed by atoms with Crippen LogP contribution in [-0.4, -0.2) is 83.7 Å². The number of carbonyl (C=O) groups is 3. The number of rotatable bonds is 2. The summed E-state index contributed by atoms with van der Waals surface area (Å²) in [5.41, 5.74) is -2.32. The molecule has 0 radical (unpaired) electrons. The zero-order valence-electron chi connectivity index (χ0n) is 12.9. The smallest absolute Gasteiger partial charge is 0.343 e. The third-order valence-corrected chi connectivity index (χ3v) is 4.41. The molecule has 0 spiro atoms. The second-order valence-electron chi connectivity index (χ2n) is 6.22. The van der Waals surface area contributed by atoms with Gasteiger partial charge in [-0.25, -0.2) is 14.0 Å². The van der Waals surface area contributed by atoms with Crippen LogP contribution in [0.25, 0.3) is 0 Å². The van der Waals surface area contributed by atoms with Crippen LogP contribution in [-0.2, 0) is 9.59 Å². The van der Waals surface area contributed by atoms with Crippen LogP contribution in [0.2, 0.25) is 0 Å². The highest BCUT2D eigenvalue weighted by Crippen LogP contribution is 2.29. The van der Waals surface area contributed by atoms with Gasteiger partial charge in [-0.05, 0) is 12.8 Å². The number of carboxylic acids is 1. The van der Waals surface area contributed by atoms with Crippen molar-refractivity contribution in [1.82, 2.24) is 14.7 Å². The molecule has 124 valence electrons. The van der Waals surface area contributed by atoms with Crippen molar-refractivity contribution in [2.45, 2.75) is 24.9 Å². The minimum atomic E-state index is -2.32. The van der Waals surface area contributed by atoms with E-state index in [1.807, 2.05) is 0 Å². The second kappa shape index (κ2) is 6.10. The summed E-state index contributed by atoms with van der Waals surface area (Å²) >= 11 is 0. The maximum Gasteiger partial charge on any atom is 0.343 e. The monoisotopic (exact) mass is 315 g/mol.